The third-order valence-corrected chi connectivity index (χ3v) is 4.03. The van der Waals surface area contributed by atoms with Crippen LogP contribution >= 0.6 is 35.3 Å². The molecule has 0 saturated carbocycles. The molecule has 0 saturated heterocycles. The van der Waals surface area contributed by atoms with Crippen molar-refractivity contribution in [3.05, 3.63) is 46.4 Å². The Morgan fingerprint density at radius 2 is 1.96 bits per heavy atom. The van der Waals surface area contributed by atoms with Crippen LogP contribution in [-0.2, 0) is 6.54 Å². The number of hydrogen-bond donors (Lipinski definition) is 3. The number of halogens is 1. The molecule has 0 spiro atoms. The van der Waals surface area contributed by atoms with Gasteiger partial charge in [-0.05, 0) is 32.4 Å². The van der Waals surface area contributed by atoms with Crippen molar-refractivity contribution in [2.45, 2.75) is 26.8 Å². The molecule has 5 nitrogen and oxygen atoms in total. The van der Waals surface area contributed by atoms with Gasteiger partial charge in [0.1, 0.15) is 5.01 Å². The number of anilines is 1. The summed E-state index contributed by atoms with van der Waals surface area (Å²) in [5.41, 5.74) is 1.16. The molecule has 2 rings (SSSR count). The molecule has 7 heteroatoms. The van der Waals surface area contributed by atoms with E-state index >= 15 is 0 Å². The number of hydrogen-bond acceptors (Lipinski definition) is 4. The van der Waals surface area contributed by atoms with Crippen molar-refractivity contribution in [3.8, 4) is 0 Å². The Kier molecular flexibility index (Phi) is 10.4. The number of nitrogens with zero attached hydrogens (tertiary/aromatic N) is 2. The molecular weight excluding hydrogens is 433 g/mol. The molecular formula is C17H26IN5S. The van der Waals surface area contributed by atoms with Gasteiger partial charge in [-0.1, -0.05) is 18.2 Å². The Morgan fingerprint density at radius 3 is 2.62 bits per heavy atom. The SMILES string of the molecule is CCNC(=NCc1ncc(C)s1)NCCCNc1ccccc1.I. The quantitative estimate of drug-likeness (QED) is 0.244. The lowest BCUT2D eigenvalue weighted by Crippen LogP contribution is -2.38. The van der Waals surface area contributed by atoms with Gasteiger partial charge in [-0.2, -0.15) is 0 Å². The Labute approximate surface area is 165 Å². The summed E-state index contributed by atoms with van der Waals surface area (Å²) in [6.07, 6.45) is 2.92. The van der Waals surface area contributed by atoms with Crippen molar-refractivity contribution >= 4 is 47.0 Å². The number of thiazole rings is 1. The Hall–Kier alpha value is -1.35. The minimum atomic E-state index is 0. The van der Waals surface area contributed by atoms with E-state index < -0.39 is 0 Å². The molecule has 0 bridgehead atoms. The predicted octanol–water partition coefficient (Wildman–Crippen LogP) is 3.63. The standard InChI is InChI=1S/C17H25N5S.HI/c1-3-18-17(22-13-16-21-12-14(2)23-16)20-11-7-10-19-15-8-5-4-6-9-15;/h4-6,8-9,12,19H,3,7,10-11,13H2,1-2H3,(H2,18,20,22);1H. The summed E-state index contributed by atoms with van der Waals surface area (Å²) in [5, 5.41) is 11.1. The molecule has 3 N–H and O–H groups in total. The number of rotatable bonds is 8. The molecule has 0 aliphatic rings. The van der Waals surface area contributed by atoms with Crippen molar-refractivity contribution in [3.63, 3.8) is 0 Å². The smallest absolute Gasteiger partial charge is 0.191 e. The molecule has 0 atom stereocenters. The van der Waals surface area contributed by atoms with Crippen LogP contribution in [0.2, 0.25) is 0 Å². The first kappa shape index (κ1) is 20.7. The highest BCUT2D eigenvalue weighted by Gasteiger charge is 2.00. The summed E-state index contributed by atoms with van der Waals surface area (Å²) >= 11 is 1.69. The van der Waals surface area contributed by atoms with E-state index in [0.29, 0.717) is 6.54 Å². The molecule has 1 heterocycles. The summed E-state index contributed by atoms with van der Waals surface area (Å²) in [6, 6.07) is 10.3. The first-order valence-corrected chi connectivity index (χ1v) is 8.82. The van der Waals surface area contributed by atoms with Crippen LogP contribution in [0, 0.1) is 6.92 Å². The van der Waals surface area contributed by atoms with Crippen LogP contribution in [0.25, 0.3) is 0 Å². The van der Waals surface area contributed by atoms with E-state index in [1.54, 1.807) is 11.3 Å². The minimum Gasteiger partial charge on any atom is -0.385 e. The summed E-state index contributed by atoms with van der Waals surface area (Å²) in [7, 11) is 0. The molecule has 2 aromatic rings. The molecule has 0 aliphatic carbocycles. The molecule has 132 valence electrons. The van der Waals surface area contributed by atoms with Gasteiger partial charge in [-0.25, -0.2) is 9.98 Å². The van der Waals surface area contributed by atoms with Gasteiger partial charge in [0.2, 0.25) is 0 Å². The van der Waals surface area contributed by atoms with Gasteiger partial charge in [0.25, 0.3) is 0 Å². The van der Waals surface area contributed by atoms with Crippen LogP contribution < -0.4 is 16.0 Å². The Balaban J connectivity index is 0.00000288. The molecule has 1 aromatic heterocycles. The van der Waals surface area contributed by atoms with Crippen molar-refractivity contribution in [1.82, 2.24) is 15.6 Å². The van der Waals surface area contributed by atoms with Gasteiger partial charge in [-0.3, -0.25) is 0 Å². The second-order valence-electron chi connectivity index (χ2n) is 5.13. The van der Waals surface area contributed by atoms with Gasteiger partial charge in [0.05, 0.1) is 6.54 Å². The first-order valence-electron chi connectivity index (χ1n) is 8.00. The van der Waals surface area contributed by atoms with E-state index in [1.807, 2.05) is 24.4 Å². The highest BCUT2D eigenvalue weighted by Crippen LogP contribution is 2.11. The lowest BCUT2D eigenvalue weighted by Gasteiger charge is -2.11. The van der Waals surface area contributed by atoms with E-state index in [-0.39, 0.29) is 24.0 Å². The Morgan fingerprint density at radius 1 is 1.17 bits per heavy atom. The molecule has 0 fully saturated rings. The topological polar surface area (TPSA) is 61.3 Å². The van der Waals surface area contributed by atoms with Crippen molar-refractivity contribution < 1.29 is 0 Å². The van der Waals surface area contributed by atoms with Crippen LogP contribution in [0.5, 0.6) is 0 Å². The number of benzene rings is 1. The number of aliphatic imine (C=N–C) groups is 1. The van der Waals surface area contributed by atoms with Crippen molar-refractivity contribution in [2.75, 3.05) is 25.0 Å². The zero-order valence-electron chi connectivity index (χ0n) is 14.2. The maximum atomic E-state index is 4.57. The van der Waals surface area contributed by atoms with E-state index in [2.05, 4.69) is 51.9 Å². The molecule has 1 aromatic carbocycles. The molecule has 0 aliphatic heterocycles. The van der Waals surface area contributed by atoms with E-state index in [1.165, 1.54) is 4.88 Å². The van der Waals surface area contributed by atoms with Crippen LogP contribution in [-0.4, -0.2) is 30.6 Å². The maximum absolute atomic E-state index is 4.57. The zero-order valence-corrected chi connectivity index (χ0v) is 17.4. The summed E-state index contributed by atoms with van der Waals surface area (Å²) in [5.74, 6) is 0.847. The lowest BCUT2D eigenvalue weighted by molar-refractivity contribution is 0.764. The molecule has 24 heavy (non-hydrogen) atoms. The molecule has 0 amide bonds. The van der Waals surface area contributed by atoms with Gasteiger partial charge in [0, 0.05) is 36.4 Å². The lowest BCUT2D eigenvalue weighted by atomic mass is 10.3. The number of nitrogens with one attached hydrogen (secondary N) is 3. The number of aromatic nitrogens is 1. The average Bonchev–Trinajstić information content (AvgIpc) is 2.98. The van der Waals surface area contributed by atoms with Crippen LogP contribution in [0.3, 0.4) is 0 Å². The number of para-hydroxylation sites is 1. The fourth-order valence-electron chi connectivity index (χ4n) is 2.05. The second kappa shape index (κ2) is 12.1. The molecule has 0 unspecified atom stereocenters. The fourth-order valence-corrected chi connectivity index (χ4v) is 2.76. The largest absolute Gasteiger partial charge is 0.385 e. The average molecular weight is 459 g/mol. The maximum Gasteiger partial charge on any atom is 0.191 e. The predicted molar refractivity (Wildman–Crippen MR) is 115 cm³/mol. The highest BCUT2D eigenvalue weighted by molar-refractivity contribution is 14.0. The third-order valence-electron chi connectivity index (χ3n) is 3.13. The number of aryl methyl sites for hydroxylation is 1. The highest BCUT2D eigenvalue weighted by atomic mass is 127. The summed E-state index contributed by atoms with van der Waals surface area (Å²) < 4.78 is 0. The third kappa shape index (κ3) is 7.96. The van der Waals surface area contributed by atoms with Gasteiger partial charge < -0.3 is 16.0 Å². The Bertz CT molecular complexity index is 600. The fraction of sp³-hybridized carbons (Fsp3) is 0.412. The van der Waals surface area contributed by atoms with Crippen molar-refractivity contribution in [1.29, 1.82) is 0 Å². The van der Waals surface area contributed by atoms with Crippen LogP contribution in [0.4, 0.5) is 5.69 Å². The van der Waals surface area contributed by atoms with Gasteiger partial charge in [0.15, 0.2) is 5.96 Å². The summed E-state index contributed by atoms with van der Waals surface area (Å²) in [6.45, 7) is 7.42. The van der Waals surface area contributed by atoms with Crippen LogP contribution in [0.15, 0.2) is 41.5 Å². The summed E-state index contributed by atoms with van der Waals surface area (Å²) in [4.78, 5) is 10.1. The van der Waals surface area contributed by atoms with Gasteiger partial charge in [-0.15, -0.1) is 35.3 Å². The van der Waals surface area contributed by atoms with E-state index in [0.717, 1.165) is 42.7 Å². The second-order valence-corrected chi connectivity index (χ2v) is 6.45. The minimum absolute atomic E-state index is 0. The normalized spacial score (nSPS) is 10.8. The first-order chi connectivity index (χ1) is 11.3. The van der Waals surface area contributed by atoms with Crippen molar-refractivity contribution in [2.24, 2.45) is 4.99 Å². The molecule has 0 radical (unpaired) electrons. The van der Waals surface area contributed by atoms with Crippen LogP contribution in [0.1, 0.15) is 23.2 Å². The zero-order chi connectivity index (χ0) is 16.3. The van der Waals surface area contributed by atoms with E-state index in [9.17, 15) is 0 Å². The van der Waals surface area contributed by atoms with E-state index in [4.69, 9.17) is 0 Å². The van der Waals surface area contributed by atoms with Gasteiger partial charge >= 0.3 is 0 Å². The monoisotopic (exact) mass is 459 g/mol. The number of guanidine groups is 1.